The number of anilines is 1. The van der Waals surface area contributed by atoms with Crippen LogP contribution in [-0.2, 0) is 11.2 Å². The summed E-state index contributed by atoms with van der Waals surface area (Å²) in [7, 11) is 0. The predicted molar refractivity (Wildman–Crippen MR) is 122 cm³/mol. The van der Waals surface area contributed by atoms with Gasteiger partial charge in [0.15, 0.2) is 0 Å². The van der Waals surface area contributed by atoms with Gasteiger partial charge >= 0.3 is 0 Å². The number of aromatic nitrogens is 2. The topological polar surface area (TPSA) is 78.1 Å². The number of carbonyl (C=O) groups excluding carboxylic acids is 1. The minimum absolute atomic E-state index is 0. The molecule has 0 saturated carbocycles. The fourth-order valence-corrected chi connectivity index (χ4v) is 3.80. The summed E-state index contributed by atoms with van der Waals surface area (Å²) in [5.41, 5.74) is 1.50. The number of halogens is 2. The van der Waals surface area contributed by atoms with Crippen molar-refractivity contribution in [1.82, 2.24) is 15.3 Å². The van der Waals surface area contributed by atoms with Gasteiger partial charge < -0.3 is 15.2 Å². The number of H-pyrrole nitrogens is 1. The number of pyridine rings is 2. The maximum atomic E-state index is 14.0. The zero-order valence-electron chi connectivity index (χ0n) is 18.1. The third kappa shape index (κ3) is 4.57. The molecule has 2 aromatic heterocycles. The zero-order chi connectivity index (χ0) is 22.7. The van der Waals surface area contributed by atoms with E-state index in [0.717, 1.165) is 36.4 Å². The van der Waals surface area contributed by atoms with Crippen LogP contribution in [0.5, 0.6) is 0 Å². The summed E-state index contributed by atoms with van der Waals surface area (Å²) in [5.74, 6) is -1.10. The largest absolute Gasteiger partial charge is 0.357 e. The number of carbonyl (C=O) groups is 1. The Morgan fingerprint density at radius 2 is 1.97 bits per heavy atom. The molecule has 8 heteroatoms. The molecule has 0 spiro atoms. The number of hydrogen-bond acceptors (Lipinski definition) is 4. The van der Waals surface area contributed by atoms with E-state index in [9.17, 15) is 18.4 Å². The molecule has 1 atom stereocenters. The van der Waals surface area contributed by atoms with Crippen LogP contribution in [0.3, 0.4) is 0 Å². The van der Waals surface area contributed by atoms with Crippen LogP contribution in [0, 0.1) is 18.6 Å². The van der Waals surface area contributed by atoms with Gasteiger partial charge in [-0.3, -0.25) is 9.59 Å². The van der Waals surface area contributed by atoms with Crippen LogP contribution in [0.4, 0.5) is 14.6 Å². The van der Waals surface area contributed by atoms with E-state index in [4.69, 9.17) is 0 Å². The van der Waals surface area contributed by atoms with Crippen LogP contribution in [0.25, 0.3) is 10.9 Å². The summed E-state index contributed by atoms with van der Waals surface area (Å²) in [6, 6.07) is 4.27. The maximum absolute atomic E-state index is 14.0. The number of hydrogen-bond donors (Lipinski definition) is 2. The van der Waals surface area contributed by atoms with Crippen molar-refractivity contribution >= 4 is 22.6 Å². The molecule has 3 aromatic rings. The molecule has 2 heterocycles. The van der Waals surface area contributed by atoms with Crippen molar-refractivity contribution in [2.24, 2.45) is 0 Å². The van der Waals surface area contributed by atoms with E-state index in [-0.39, 0.29) is 20.4 Å². The Hall–Kier alpha value is -3.29. The van der Waals surface area contributed by atoms with E-state index in [2.05, 4.69) is 20.2 Å². The Morgan fingerprint density at radius 1 is 1.26 bits per heavy atom. The fraction of sp³-hybridized carbons (Fsp3) is 0.348. The van der Waals surface area contributed by atoms with Gasteiger partial charge in [0, 0.05) is 44.7 Å². The van der Waals surface area contributed by atoms with Crippen LogP contribution in [-0.4, -0.2) is 29.0 Å². The first-order valence-electron chi connectivity index (χ1n) is 10.3. The molecule has 0 aliphatic rings. The van der Waals surface area contributed by atoms with Gasteiger partial charge in [-0.1, -0.05) is 6.07 Å². The molecule has 0 saturated heterocycles. The molecule has 0 aliphatic heterocycles. The SMILES string of the molecule is CCN(CC)c1nccc2[nH]c(=O)c(CC(=O)N[C@@H](C)c3ccc(F)cc3F)c(C)c12.[HH].[HH]. The molecular weight excluding hydrogens is 402 g/mol. The molecule has 1 amide bonds. The van der Waals surface area contributed by atoms with Crippen molar-refractivity contribution in [3.05, 3.63) is 69.1 Å². The molecule has 1 aromatic carbocycles. The van der Waals surface area contributed by atoms with Crippen molar-refractivity contribution in [3.63, 3.8) is 0 Å². The van der Waals surface area contributed by atoms with Gasteiger partial charge in [-0.15, -0.1) is 0 Å². The summed E-state index contributed by atoms with van der Waals surface area (Å²) in [6.45, 7) is 8.95. The van der Waals surface area contributed by atoms with E-state index in [1.807, 2.05) is 13.8 Å². The molecule has 31 heavy (non-hydrogen) atoms. The van der Waals surface area contributed by atoms with E-state index in [0.29, 0.717) is 16.6 Å². The van der Waals surface area contributed by atoms with Gasteiger partial charge in [-0.05, 0) is 45.4 Å². The van der Waals surface area contributed by atoms with Gasteiger partial charge in [0.1, 0.15) is 17.5 Å². The Bertz CT molecular complexity index is 1180. The van der Waals surface area contributed by atoms with Crippen LogP contribution >= 0.6 is 0 Å². The molecule has 0 radical (unpaired) electrons. The van der Waals surface area contributed by atoms with Crippen molar-refractivity contribution in [1.29, 1.82) is 0 Å². The zero-order valence-corrected chi connectivity index (χ0v) is 18.1. The lowest BCUT2D eigenvalue weighted by Gasteiger charge is -2.23. The molecule has 0 unspecified atom stereocenters. The third-order valence-electron chi connectivity index (χ3n) is 5.49. The Balaban J connectivity index is 0.00000272. The highest BCUT2D eigenvalue weighted by Gasteiger charge is 2.20. The minimum Gasteiger partial charge on any atom is -0.357 e. The molecule has 168 valence electrons. The highest BCUT2D eigenvalue weighted by Crippen LogP contribution is 2.27. The van der Waals surface area contributed by atoms with Crippen molar-refractivity contribution in [3.8, 4) is 0 Å². The standard InChI is InChI=1S/C23H26F2N4O2.2H2/c1-5-29(6-2)22-21-13(3)17(23(31)28-19(21)9-10-26-22)12-20(30)27-14(4)16-8-7-15(24)11-18(16)25;;/h7-11,14H,5-6,12H2,1-4H3,(H,27,30)(H,28,31);2*1H/t14-;;/m0../s1. The van der Waals surface area contributed by atoms with Gasteiger partial charge in [-0.25, -0.2) is 13.8 Å². The van der Waals surface area contributed by atoms with E-state index in [1.165, 1.54) is 6.07 Å². The molecule has 2 N–H and O–H groups in total. The normalized spacial score (nSPS) is 12.1. The van der Waals surface area contributed by atoms with E-state index >= 15 is 0 Å². The Kier molecular flexibility index (Phi) is 6.68. The predicted octanol–water partition coefficient (Wildman–Crippen LogP) is 4.27. The van der Waals surface area contributed by atoms with E-state index < -0.39 is 23.6 Å². The molecule has 0 fully saturated rings. The summed E-state index contributed by atoms with van der Waals surface area (Å²) < 4.78 is 27.2. The van der Waals surface area contributed by atoms with Gasteiger partial charge in [0.25, 0.3) is 5.56 Å². The molecule has 0 aliphatic carbocycles. The van der Waals surface area contributed by atoms with Crippen molar-refractivity contribution in [2.45, 2.75) is 40.2 Å². The number of amides is 1. The first-order chi connectivity index (χ1) is 14.8. The van der Waals surface area contributed by atoms with Gasteiger partial charge in [0.2, 0.25) is 5.91 Å². The number of nitrogens with zero attached hydrogens (tertiary/aromatic N) is 2. The second-order valence-electron chi connectivity index (χ2n) is 7.42. The number of benzene rings is 1. The average Bonchev–Trinajstić information content (AvgIpc) is 2.71. The highest BCUT2D eigenvalue weighted by atomic mass is 19.1. The van der Waals surface area contributed by atoms with Crippen molar-refractivity contribution in [2.75, 3.05) is 18.0 Å². The van der Waals surface area contributed by atoms with Gasteiger partial charge in [0.05, 0.1) is 18.0 Å². The Morgan fingerprint density at radius 3 is 2.61 bits per heavy atom. The minimum atomic E-state index is -0.734. The third-order valence-corrected chi connectivity index (χ3v) is 5.49. The molecule has 0 bridgehead atoms. The number of nitrogens with one attached hydrogen (secondary N) is 2. The summed E-state index contributed by atoms with van der Waals surface area (Å²) >= 11 is 0. The first kappa shape index (κ1) is 22.4. The molecule has 3 rings (SSSR count). The smallest absolute Gasteiger partial charge is 0.252 e. The average molecular weight is 433 g/mol. The lowest BCUT2D eigenvalue weighted by molar-refractivity contribution is -0.121. The number of fused-ring (bicyclic) bond motifs is 1. The lowest BCUT2D eigenvalue weighted by Crippen LogP contribution is -2.31. The molecule has 6 nitrogen and oxygen atoms in total. The lowest BCUT2D eigenvalue weighted by atomic mass is 10.0. The number of aryl methyl sites for hydroxylation is 1. The second-order valence-corrected chi connectivity index (χ2v) is 7.42. The number of aromatic amines is 1. The van der Waals surface area contributed by atoms with Gasteiger partial charge in [-0.2, -0.15) is 0 Å². The monoisotopic (exact) mass is 432 g/mol. The first-order valence-corrected chi connectivity index (χ1v) is 10.3. The summed E-state index contributed by atoms with van der Waals surface area (Å²) in [4.78, 5) is 34.8. The van der Waals surface area contributed by atoms with Crippen LogP contribution in [0.2, 0.25) is 0 Å². The van der Waals surface area contributed by atoms with Crippen LogP contribution in [0.15, 0.2) is 35.3 Å². The van der Waals surface area contributed by atoms with Crippen LogP contribution in [0.1, 0.15) is 46.4 Å². The Labute approximate surface area is 182 Å². The summed E-state index contributed by atoms with van der Waals surface area (Å²) in [5, 5.41) is 3.48. The highest BCUT2D eigenvalue weighted by molar-refractivity contribution is 5.94. The quantitative estimate of drug-likeness (QED) is 0.585. The summed E-state index contributed by atoms with van der Waals surface area (Å²) in [6.07, 6.45) is 1.48. The van der Waals surface area contributed by atoms with Crippen LogP contribution < -0.4 is 15.8 Å². The fourth-order valence-electron chi connectivity index (χ4n) is 3.80. The van der Waals surface area contributed by atoms with E-state index in [1.54, 1.807) is 26.1 Å². The number of rotatable bonds is 7. The second kappa shape index (κ2) is 9.24. The van der Waals surface area contributed by atoms with Crippen molar-refractivity contribution < 1.29 is 16.4 Å². The maximum Gasteiger partial charge on any atom is 0.252 e. The molecular formula is C23H30F2N4O2.